The van der Waals surface area contributed by atoms with Crippen LogP contribution in [0, 0.1) is 11.6 Å². The highest BCUT2D eigenvalue weighted by molar-refractivity contribution is 5.19. The average molecular weight is 297 g/mol. The summed E-state index contributed by atoms with van der Waals surface area (Å²) in [4.78, 5) is 0. The zero-order valence-electron chi connectivity index (χ0n) is 12.9. The summed E-state index contributed by atoms with van der Waals surface area (Å²) in [6.45, 7) is 3.05. The molecule has 0 bridgehead atoms. The van der Waals surface area contributed by atoms with E-state index in [1.807, 2.05) is 0 Å². The number of halogens is 2. The van der Waals surface area contributed by atoms with E-state index in [1.54, 1.807) is 13.2 Å². The molecule has 0 saturated heterocycles. The third kappa shape index (κ3) is 4.24. The van der Waals surface area contributed by atoms with Crippen molar-refractivity contribution in [3.05, 3.63) is 35.4 Å². The molecule has 1 unspecified atom stereocenters. The lowest BCUT2D eigenvalue weighted by Gasteiger charge is -2.43. The average Bonchev–Trinajstić information content (AvgIpc) is 2.44. The van der Waals surface area contributed by atoms with E-state index in [0.29, 0.717) is 6.42 Å². The lowest BCUT2D eigenvalue weighted by Crippen LogP contribution is -2.46. The van der Waals surface area contributed by atoms with E-state index in [2.05, 4.69) is 12.2 Å². The third-order valence-electron chi connectivity index (χ3n) is 4.47. The summed E-state index contributed by atoms with van der Waals surface area (Å²) in [5.74, 6) is -1.56. The van der Waals surface area contributed by atoms with E-state index >= 15 is 0 Å². The van der Waals surface area contributed by atoms with Crippen LogP contribution in [0.1, 0.15) is 44.6 Å². The molecule has 1 aromatic carbocycles. The molecule has 0 aromatic heterocycles. The fourth-order valence-electron chi connectivity index (χ4n) is 3.03. The molecule has 1 atom stereocenters. The Bertz CT molecular complexity index is 455. The van der Waals surface area contributed by atoms with Crippen molar-refractivity contribution < 1.29 is 13.5 Å². The number of rotatable bonds is 8. The minimum absolute atomic E-state index is 0.0238. The van der Waals surface area contributed by atoms with E-state index < -0.39 is 11.6 Å². The molecule has 1 aromatic rings. The van der Waals surface area contributed by atoms with E-state index in [9.17, 15) is 8.78 Å². The summed E-state index contributed by atoms with van der Waals surface area (Å²) in [6, 6.07) is 4.40. The van der Waals surface area contributed by atoms with Gasteiger partial charge < -0.3 is 10.1 Å². The van der Waals surface area contributed by atoms with Gasteiger partial charge in [0.2, 0.25) is 0 Å². The lowest BCUT2D eigenvalue weighted by molar-refractivity contribution is -0.0834. The Labute approximate surface area is 125 Å². The van der Waals surface area contributed by atoms with Gasteiger partial charge in [0.05, 0.1) is 5.60 Å². The Morgan fingerprint density at radius 1 is 1.29 bits per heavy atom. The number of benzene rings is 1. The van der Waals surface area contributed by atoms with Gasteiger partial charge in [-0.2, -0.15) is 0 Å². The first kappa shape index (κ1) is 16.4. The van der Waals surface area contributed by atoms with Crippen molar-refractivity contribution in [2.75, 3.05) is 13.7 Å². The number of nitrogens with one attached hydrogen (secondary N) is 1. The van der Waals surface area contributed by atoms with Crippen LogP contribution < -0.4 is 5.32 Å². The molecule has 0 heterocycles. The van der Waals surface area contributed by atoms with Crippen molar-refractivity contribution in [1.29, 1.82) is 0 Å². The van der Waals surface area contributed by atoms with Crippen molar-refractivity contribution >= 4 is 0 Å². The Hall–Kier alpha value is -1.00. The largest absolute Gasteiger partial charge is 0.378 e. The van der Waals surface area contributed by atoms with E-state index in [-0.39, 0.29) is 11.6 Å². The molecule has 0 aliphatic heterocycles. The Balaban J connectivity index is 2.02. The van der Waals surface area contributed by atoms with Gasteiger partial charge in [0.15, 0.2) is 11.6 Å². The molecular formula is C17H25F2NO. The molecule has 1 fully saturated rings. The number of ether oxygens (including phenoxy) is 1. The Kier molecular flexibility index (Phi) is 5.71. The molecule has 2 rings (SSSR count). The highest BCUT2D eigenvalue weighted by Gasteiger charge is 2.38. The zero-order valence-corrected chi connectivity index (χ0v) is 12.9. The lowest BCUT2D eigenvalue weighted by atomic mass is 9.75. The number of hydrogen-bond donors (Lipinski definition) is 1. The van der Waals surface area contributed by atoms with E-state index in [4.69, 9.17) is 4.74 Å². The van der Waals surface area contributed by atoms with Crippen LogP contribution in [0.3, 0.4) is 0 Å². The molecule has 4 heteroatoms. The molecule has 0 amide bonds. The second-order valence-electron chi connectivity index (χ2n) is 6.05. The maximum atomic E-state index is 13.3. The topological polar surface area (TPSA) is 21.3 Å². The highest BCUT2D eigenvalue weighted by Crippen LogP contribution is 2.39. The highest BCUT2D eigenvalue weighted by atomic mass is 19.2. The van der Waals surface area contributed by atoms with Gasteiger partial charge in [-0.15, -0.1) is 0 Å². The molecular weight excluding hydrogens is 272 g/mol. The van der Waals surface area contributed by atoms with Crippen LogP contribution in [0.25, 0.3) is 0 Å². The molecule has 1 aliphatic carbocycles. The molecule has 0 spiro atoms. The fourth-order valence-corrected chi connectivity index (χ4v) is 3.03. The van der Waals surface area contributed by atoms with Crippen LogP contribution in [-0.4, -0.2) is 25.3 Å². The Morgan fingerprint density at radius 2 is 2.05 bits per heavy atom. The van der Waals surface area contributed by atoms with Gasteiger partial charge in [-0.1, -0.05) is 13.0 Å². The summed E-state index contributed by atoms with van der Waals surface area (Å²) < 4.78 is 32.1. The molecule has 21 heavy (non-hydrogen) atoms. The normalized spacial score (nSPS) is 18.3. The van der Waals surface area contributed by atoms with Crippen LogP contribution in [0.5, 0.6) is 0 Å². The van der Waals surface area contributed by atoms with Gasteiger partial charge >= 0.3 is 0 Å². The quantitative estimate of drug-likeness (QED) is 0.787. The van der Waals surface area contributed by atoms with Crippen LogP contribution in [0.15, 0.2) is 18.2 Å². The maximum absolute atomic E-state index is 13.3. The molecule has 1 N–H and O–H groups in total. The molecule has 0 radical (unpaired) electrons. The minimum Gasteiger partial charge on any atom is -0.378 e. The SMILES string of the molecule is CCCNC(Cc1ccc(F)c(F)c1)CC1(OC)CCC1. The number of methoxy groups -OCH3 is 1. The third-order valence-corrected chi connectivity index (χ3v) is 4.47. The summed E-state index contributed by atoms with van der Waals surface area (Å²) >= 11 is 0. The smallest absolute Gasteiger partial charge is 0.159 e. The predicted molar refractivity (Wildman–Crippen MR) is 80.4 cm³/mol. The first-order valence-electron chi connectivity index (χ1n) is 7.81. The van der Waals surface area contributed by atoms with Crippen LogP contribution in [0.4, 0.5) is 8.78 Å². The predicted octanol–water partition coefficient (Wildman–Crippen LogP) is 3.83. The van der Waals surface area contributed by atoms with Crippen molar-refractivity contribution in [2.24, 2.45) is 0 Å². The zero-order chi connectivity index (χ0) is 15.3. The van der Waals surface area contributed by atoms with Gasteiger partial charge in [-0.3, -0.25) is 0 Å². The van der Waals surface area contributed by atoms with Gasteiger partial charge in [0, 0.05) is 13.2 Å². The second-order valence-corrected chi connectivity index (χ2v) is 6.05. The van der Waals surface area contributed by atoms with Crippen LogP contribution in [-0.2, 0) is 11.2 Å². The standard InChI is InChI=1S/C17H25F2NO/c1-3-9-20-14(12-17(21-2)7-4-8-17)10-13-5-6-15(18)16(19)11-13/h5-6,11,14,20H,3-4,7-10,12H2,1-2H3. The molecule has 1 saturated carbocycles. The molecule has 118 valence electrons. The number of hydrogen-bond acceptors (Lipinski definition) is 2. The van der Waals surface area contributed by atoms with Gasteiger partial charge in [-0.25, -0.2) is 8.78 Å². The fraction of sp³-hybridized carbons (Fsp3) is 0.647. The minimum atomic E-state index is -0.788. The first-order chi connectivity index (χ1) is 10.1. The van der Waals surface area contributed by atoms with Gasteiger partial charge in [0.25, 0.3) is 0 Å². The van der Waals surface area contributed by atoms with Gasteiger partial charge in [-0.05, 0) is 62.8 Å². The van der Waals surface area contributed by atoms with Gasteiger partial charge in [0.1, 0.15) is 0 Å². The van der Waals surface area contributed by atoms with E-state index in [0.717, 1.165) is 37.8 Å². The van der Waals surface area contributed by atoms with E-state index in [1.165, 1.54) is 18.6 Å². The first-order valence-corrected chi connectivity index (χ1v) is 7.81. The summed E-state index contributed by atoms with van der Waals surface area (Å²) in [5.41, 5.74) is 0.803. The summed E-state index contributed by atoms with van der Waals surface area (Å²) in [6.07, 6.45) is 6.05. The summed E-state index contributed by atoms with van der Waals surface area (Å²) in [7, 11) is 1.77. The van der Waals surface area contributed by atoms with Crippen LogP contribution >= 0.6 is 0 Å². The van der Waals surface area contributed by atoms with Crippen molar-refractivity contribution in [3.63, 3.8) is 0 Å². The monoisotopic (exact) mass is 297 g/mol. The van der Waals surface area contributed by atoms with Crippen LogP contribution in [0.2, 0.25) is 0 Å². The summed E-state index contributed by atoms with van der Waals surface area (Å²) in [5, 5.41) is 3.51. The maximum Gasteiger partial charge on any atom is 0.159 e. The van der Waals surface area contributed by atoms with Crippen molar-refractivity contribution in [3.8, 4) is 0 Å². The molecule has 1 aliphatic rings. The molecule has 2 nitrogen and oxygen atoms in total. The van der Waals surface area contributed by atoms with Crippen molar-refractivity contribution in [1.82, 2.24) is 5.32 Å². The second kappa shape index (κ2) is 7.32. The Morgan fingerprint density at radius 3 is 2.57 bits per heavy atom. The van der Waals surface area contributed by atoms with Crippen molar-refractivity contribution in [2.45, 2.75) is 57.1 Å².